The molecule has 152 valence electrons. The van der Waals surface area contributed by atoms with Crippen LogP contribution in [0.25, 0.3) is 11.1 Å². The third-order valence-corrected chi connectivity index (χ3v) is 4.81. The topological polar surface area (TPSA) is 119 Å². The van der Waals surface area contributed by atoms with E-state index in [4.69, 9.17) is 0 Å². The van der Waals surface area contributed by atoms with Gasteiger partial charge in [-0.1, -0.05) is 24.3 Å². The van der Waals surface area contributed by atoms with Gasteiger partial charge in [-0.2, -0.15) is 5.10 Å². The normalized spacial score (nSPS) is 14.9. The Labute approximate surface area is 169 Å². The first kappa shape index (κ1) is 19.2. The second-order valence-electron chi connectivity index (χ2n) is 6.79. The van der Waals surface area contributed by atoms with Crippen molar-refractivity contribution in [2.24, 2.45) is 0 Å². The Morgan fingerprint density at radius 3 is 2.67 bits per heavy atom. The van der Waals surface area contributed by atoms with E-state index in [0.717, 1.165) is 0 Å². The minimum atomic E-state index is -0.907. The van der Waals surface area contributed by atoms with Gasteiger partial charge in [-0.05, 0) is 30.7 Å². The summed E-state index contributed by atoms with van der Waals surface area (Å²) in [7, 11) is 0. The summed E-state index contributed by atoms with van der Waals surface area (Å²) >= 11 is 0. The van der Waals surface area contributed by atoms with Crippen LogP contribution in [0.5, 0.6) is 0 Å². The number of hydrogen-bond acceptors (Lipinski definition) is 5. The molecule has 1 unspecified atom stereocenters. The first-order valence-corrected chi connectivity index (χ1v) is 9.04. The Bertz CT molecular complexity index is 1170. The Balaban J connectivity index is 1.59. The van der Waals surface area contributed by atoms with Gasteiger partial charge in [0, 0.05) is 11.6 Å². The van der Waals surface area contributed by atoms with Gasteiger partial charge in [0.15, 0.2) is 0 Å². The first-order valence-electron chi connectivity index (χ1n) is 9.04. The molecule has 0 radical (unpaired) electrons. The van der Waals surface area contributed by atoms with Crippen LogP contribution in [0, 0.1) is 22.9 Å². The van der Waals surface area contributed by atoms with E-state index < -0.39 is 22.8 Å². The van der Waals surface area contributed by atoms with Crippen LogP contribution in [0.2, 0.25) is 0 Å². The minimum Gasteiger partial charge on any atom is -0.320 e. The maximum atomic E-state index is 13.3. The minimum absolute atomic E-state index is 0.0507. The predicted molar refractivity (Wildman–Crippen MR) is 106 cm³/mol. The highest BCUT2D eigenvalue weighted by Crippen LogP contribution is 2.38. The smallest absolute Gasteiger partial charge is 0.292 e. The van der Waals surface area contributed by atoms with E-state index in [9.17, 15) is 24.1 Å². The summed E-state index contributed by atoms with van der Waals surface area (Å²) in [5, 5.41) is 20.7. The van der Waals surface area contributed by atoms with Crippen molar-refractivity contribution < 1.29 is 18.9 Å². The zero-order valence-electron chi connectivity index (χ0n) is 15.8. The number of carbonyl (C=O) groups is 2. The van der Waals surface area contributed by atoms with Crippen LogP contribution in [-0.4, -0.2) is 26.5 Å². The zero-order chi connectivity index (χ0) is 21.4. The summed E-state index contributed by atoms with van der Waals surface area (Å²) in [6.45, 7) is 1.75. The summed E-state index contributed by atoms with van der Waals surface area (Å²) in [6.07, 6.45) is -0.255. The number of aryl methyl sites for hydroxylation is 1. The zero-order valence-corrected chi connectivity index (χ0v) is 15.8. The molecule has 0 saturated heterocycles. The van der Waals surface area contributed by atoms with Crippen LogP contribution in [-0.2, 0) is 9.59 Å². The number of hydrogen-bond donors (Lipinski definition) is 2. The van der Waals surface area contributed by atoms with Crippen molar-refractivity contribution in [3.63, 3.8) is 0 Å². The lowest BCUT2D eigenvalue weighted by Crippen LogP contribution is -2.24. The highest BCUT2D eigenvalue weighted by atomic mass is 19.1. The van der Waals surface area contributed by atoms with Crippen molar-refractivity contribution in [3.05, 3.63) is 70.2 Å². The van der Waals surface area contributed by atoms with Crippen LogP contribution >= 0.6 is 0 Å². The molecule has 0 spiro atoms. The molecule has 1 aliphatic rings. The van der Waals surface area contributed by atoms with Crippen molar-refractivity contribution in [3.8, 4) is 11.1 Å². The molecule has 2 N–H and O–H groups in total. The van der Waals surface area contributed by atoms with Crippen LogP contribution in [0.15, 0.2) is 48.5 Å². The lowest BCUT2D eigenvalue weighted by atomic mass is 10.1. The molecular weight excluding hydrogens is 393 g/mol. The van der Waals surface area contributed by atoms with Crippen LogP contribution in [0.3, 0.4) is 0 Å². The molecule has 1 atom stereocenters. The Kier molecular flexibility index (Phi) is 4.74. The molecule has 1 aromatic heterocycles. The van der Waals surface area contributed by atoms with Gasteiger partial charge in [-0.3, -0.25) is 19.7 Å². The molecule has 0 bridgehead atoms. The third kappa shape index (κ3) is 3.39. The first-order chi connectivity index (χ1) is 14.3. The number of nitrogens with one attached hydrogen (secondary N) is 2. The Morgan fingerprint density at radius 1 is 1.27 bits per heavy atom. The second kappa shape index (κ2) is 7.39. The fraction of sp³-hybridized carbons (Fsp3) is 0.150. The van der Waals surface area contributed by atoms with Crippen molar-refractivity contribution in [2.45, 2.75) is 19.4 Å². The van der Waals surface area contributed by atoms with E-state index >= 15 is 0 Å². The predicted octanol–water partition coefficient (Wildman–Crippen LogP) is 3.43. The number of anilines is 2. The molecular formula is C20H16FN5O4. The number of benzene rings is 2. The SMILES string of the molecule is Cc1nn2c(c1-c1ccc(F)cc1)NC(=O)C2CC(=O)Nc1ccccc1[N+](=O)[O-]. The molecule has 10 heteroatoms. The molecule has 30 heavy (non-hydrogen) atoms. The molecule has 1 aliphatic heterocycles. The average molecular weight is 409 g/mol. The molecule has 9 nitrogen and oxygen atoms in total. The molecule has 0 fully saturated rings. The van der Waals surface area contributed by atoms with Crippen molar-refractivity contribution in [2.75, 3.05) is 10.6 Å². The largest absolute Gasteiger partial charge is 0.320 e. The van der Waals surface area contributed by atoms with Gasteiger partial charge in [0.2, 0.25) is 5.91 Å². The number of carbonyl (C=O) groups excluding carboxylic acids is 2. The number of nitrogens with zero attached hydrogens (tertiary/aromatic N) is 3. The lowest BCUT2D eigenvalue weighted by Gasteiger charge is -2.10. The van der Waals surface area contributed by atoms with Gasteiger partial charge in [-0.25, -0.2) is 9.07 Å². The summed E-state index contributed by atoms with van der Waals surface area (Å²) in [4.78, 5) is 35.5. The molecule has 0 aliphatic carbocycles. The van der Waals surface area contributed by atoms with Gasteiger partial charge in [-0.15, -0.1) is 0 Å². The van der Waals surface area contributed by atoms with Gasteiger partial charge in [0.05, 0.1) is 17.0 Å². The average Bonchev–Trinajstić information content (AvgIpc) is 3.17. The van der Waals surface area contributed by atoms with Crippen LogP contribution in [0.1, 0.15) is 18.2 Å². The fourth-order valence-electron chi connectivity index (χ4n) is 3.46. The molecule has 2 amide bonds. The summed E-state index contributed by atoms with van der Waals surface area (Å²) in [5.41, 5.74) is 1.75. The van der Waals surface area contributed by atoms with Gasteiger partial charge < -0.3 is 10.6 Å². The fourth-order valence-corrected chi connectivity index (χ4v) is 3.46. The third-order valence-electron chi connectivity index (χ3n) is 4.81. The summed E-state index contributed by atoms with van der Waals surface area (Å²) in [6, 6.07) is 10.6. The van der Waals surface area contributed by atoms with Crippen molar-refractivity contribution in [1.29, 1.82) is 0 Å². The van der Waals surface area contributed by atoms with E-state index in [-0.39, 0.29) is 23.6 Å². The summed E-state index contributed by atoms with van der Waals surface area (Å²) < 4.78 is 14.7. The van der Waals surface area contributed by atoms with Crippen molar-refractivity contribution in [1.82, 2.24) is 9.78 Å². The van der Waals surface area contributed by atoms with E-state index in [0.29, 0.717) is 22.6 Å². The number of para-hydroxylation sites is 2. The molecule has 0 saturated carbocycles. The summed E-state index contributed by atoms with van der Waals surface area (Å²) in [5.74, 6) is -0.936. The maximum absolute atomic E-state index is 13.3. The van der Waals surface area contributed by atoms with E-state index in [1.807, 2.05) is 0 Å². The monoisotopic (exact) mass is 409 g/mol. The van der Waals surface area contributed by atoms with Crippen molar-refractivity contribution >= 4 is 29.0 Å². The van der Waals surface area contributed by atoms with Gasteiger partial charge >= 0.3 is 0 Å². The quantitative estimate of drug-likeness (QED) is 0.494. The molecule has 3 aromatic rings. The lowest BCUT2D eigenvalue weighted by molar-refractivity contribution is -0.383. The number of nitro groups is 1. The Hall–Kier alpha value is -4.08. The van der Waals surface area contributed by atoms with Crippen LogP contribution < -0.4 is 10.6 Å². The molecule has 2 aromatic carbocycles. The van der Waals surface area contributed by atoms with E-state index in [2.05, 4.69) is 15.7 Å². The number of rotatable bonds is 5. The molecule has 2 heterocycles. The maximum Gasteiger partial charge on any atom is 0.292 e. The number of halogens is 1. The Morgan fingerprint density at radius 2 is 1.97 bits per heavy atom. The van der Waals surface area contributed by atoms with Gasteiger partial charge in [0.25, 0.3) is 11.6 Å². The number of nitro benzene ring substituents is 1. The molecule has 4 rings (SSSR count). The highest BCUT2D eigenvalue weighted by Gasteiger charge is 2.36. The number of aromatic nitrogens is 2. The second-order valence-corrected chi connectivity index (χ2v) is 6.79. The van der Waals surface area contributed by atoms with Crippen LogP contribution in [0.4, 0.5) is 21.6 Å². The van der Waals surface area contributed by atoms with E-state index in [1.54, 1.807) is 25.1 Å². The standard InChI is InChI=1S/C20H16FN5O4/c1-11-18(12-6-8-13(21)9-7-12)19-23-20(28)16(25(19)24-11)10-17(27)22-14-4-2-3-5-15(14)26(29)30/h2-9,16H,10H2,1H3,(H,22,27)(H,23,28). The van der Waals surface area contributed by atoms with Gasteiger partial charge in [0.1, 0.15) is 23.4 Å². The number of fused-ring (bicyclic) bond motifs is 1. The van der Waals surface area contributed by atoms with E-state index in [1.165, 1.54) is 35.0 Å². The number of amides is 2. The highest BCUT2D eigenvalue weighted by molar-refractivity contribution is 6.04.